The van der Waals surface area contributed by atoms with Crippen LogP contribution >= 0.6 is 0 Å². The van der Waals surface area contributed by atoms with Gasteiger partial charge >= 0.3 is 0 Å². The first-order chi connectivity index (χ1) is 10.1. The summed E-state index contributed by atoms with van der Waals surface area (Å²) < 4.78 is 32.4. The van der Waals surface area contributed by atoms with E-state index in [2.05, 4.69) is 5.32 Å². The third-order valence-corrected chi connectivity index (χ3v) is 3.47. The van der Waals surface area contributed by atoms with E-state index in [0.29, 0.717) is 6.54 Å². The Bertz CT molecular complexity index is 628. The van der Waals surface area contributed by atoms with Crippen molar-refractivity contribution in [2.75, 3.05) is 13.7 Å². The van der Waals surface area contributed by atoms with Crippen LogP contribution in [0, 0.1) is 18.6 Å². The van der Waals surface area contributed by atoms with Gasteiger partial charge in [-0.2, -0.15) is 0 Å². The summed E-state index contributed by atoms with van der Waals surface area (Å²) in [5, 5.41) is 3.27. The molecule has 0 saturated heterocycles. The van der Waals surface area contributed by atoms with E-state index in [1.165, 1.54) is 25.3 Å². The van der Waals surface area contributed by atoms with Gasteiger partial charge in [0.2, 0.25) is 0 Å². The normalized spacial score (nSPS) is 12.2. The van der Waals surface area contributed by atoms with Crippen molar-refractivity contribution in [3.05, 3.63) is 64.7 Å². The molecule has 1 atom stereocenters. The molecular weight excluding hydrogens is 272 g/mol. The number of hydrogen-bond donors (Lipinski definition) is 1. The van der Waals surface area contributed by atoms with Gasteiger partial charge in [-0.05, 0) is 54.4 Å². The summed E-state index contributed by atoms with van der Waals surface area (Å²) in [7, 11) is 1.43. The van der Waals surface area contributed by atoms with Crippen molar-refractivity contribution in [3.8, 4) is 5.75 Å². The summed E-state index contributed by atoms with van der Waals surface area (Å²) >= 11 is 0. The minimum Gasteiger partial charge on any atom is -0.494 e. The number of ether oxygens (including phenoxy) is 1. The smallest absolute Gasteiger partial charge is 0.165 e. The van der Waals surface area contributed by atoms with Gasteiger partial charge in [-0.1, -0.05) is 19.1 Å². The molecule has 0 amide bonds. The third kappa shape index (κ3) is 3.39. The Labute approximate surface area is 123 Å². The van der Waals surface area contributed by atoms with Crippen molar-refractivity contribution in [3.63, 3.8) is 0 Å². The number of nitrogens with one attached hydrogen (secondary N) is 1. The number of hydrogen-bond acceptors (Lipinski definition) is 2. The molecule has 0 aromatic heterocycles. The molecule has 0 aliphatic rings. The maximum Gasteiger partial charge on any atom is 0.165 e. The Morgan fingerprint density at radius 2 is 1.90 bits per heavy atom. The molecule has 1 N–H and O–H groups in total. The zero-order chi connectivity index (χ0) is 15.4. The molecule has 2 rings (SSSR count). The summed E-state index contributed by atoms with van der Waals surface area (Å²) in [6.45, 7) is 4.56. The van der Waals surface area contributed by atoms with Crippen LogP contribution in [0.25, 0.3) is 0 Å². The lowest BCUT2D eigenvalue weighted by molar-refractivity contribution is 0.385. The van der Waals surface area contributed by atoms with Crippen molar-refractivity contribution in [1.82, 2.24) is 5.32 Å². The number of halogens is 2. The predicted octanol–water partition coefficient (Wildman–Crippen LogP) is 3.98. The Morgan fingerprint density at radius 3 is 2.52 bits per heavy atom. The summed E-state index contributed by atoms with van der Waals surface area (Å²) in [5.41, 5.74) is 2.50. The van der Waals surface area contributed by atoms with Gasteiger partial charge in [-0.3, -0.25) is 0 Å². The van der Waals surface area contributed by atoms with E-state index in [-0.39, 0.29) is 17.6 Å². The molecule has 0 radical (unpaired) electrons. The van der Waals surface area contributed by atoms with Crippen LogP contribution in [-0.4, -0.2) is 13.7 Å². The van der Waals surface area contributed by atoms with Gasteiger partial charge < -0.3 is 10.1 Å². The monoisotopic (exact) mass is 291 g/mol. The summed E-state index contributed by atoms with van der Waals surface area (Å²) in [6, 6.07) is 9.20. The van der Waals surface area contributed by atoms with E-state index in [1.54, 1.807) is 18.2 Å². The molecule has 0 spiro atoms. The second-order valence-corrected chi connectivity index (χ2v) is 4.89. The van der Waals surface area contributed by atoms with Gasteiger partial charge in [0.1, 0.15) is 5.82 Å². The van der Waals surface area contributed by atoms with E-state index >= 15 is 0 Å². The number of benzene rings is 2. The van der Waals surface area contributed by atoms with Crippen molar-refractivity contribution < 1.29 is 13.5 Å². The highest BCUT2D eigenvalue weighted by atomic mass is 19.1. The molecule has 0 aliphatic heterocycles. The van der Waals surface area contributed by atoms with Crippen LogP contribution in [0.4, 0.5) is 8.78 Å². The number of aryl methyl sites for hydroxylation is 1. The lowest BCUT2D eigenvalue weighted by atomic mass is 9.94. The predicted molar refractivity (Wildman–Crippen MR) is 79.6 cm³/mol. The number of methoxy groups -OCH3 is 1. The minimum atomic E-state index is -0.424. The largest absolute Gasteiger partial charge is 0.494 e. The molecule has 1 unspecified atom stereocenters. The third-order valence-electron chi connectivity index (χ3n) is 3.47. The molecule has 4 heteroatoms. The van der Waals surface area contributed by atoms with Crippen molar-refractivity contribution in [1.29, 1.82) is 0 Å². The fraction of sp³-hybridized carbons (Fsp3) is 0.294. The quantitative estimate of drug-likeness (QED) is 0.899. The molecule has 0 heterocycles. The molecule has 0 saturated carbocycles. The fourth-order valence-corrected chi connectivity index (χ4v) is 2.40. The molecule has 0 aliphatic carbocycles. The molecule has 0 bridgehead atoms. The van der Waals surface area contributed by atoms with E-state index in [1.807, 2.05) is 13.8 Å². The van der Waals surface area contributed by atoms with Crippen LogP contribution in [0.2, 0.25) is 0 Å². The molecule has 2 aromatic carbocycles. The summed E-state index contributed by atoms with van der Waals surface area (Å²) in [6.07, 6.45) is 0. The molecule has 21 heavy (non-hydrogen) atoms. The lowest BCUT2D eigenvalue weighted by Gasteiger charge is -2.21. The van der Waals surface area contributed by atoms with Gasteiger partial charge in [0.25, 0.3) is 0 Å². The maximum absolute atomic E-state index is 13.9. The number of rotatable bonds is 5. The van der Waals surface area contributed by atoms with Gasteiger partial charge in [-0.15, -0.1) is 0 Å². The van der Waals surface area contributed by atoms with E-state index < -0.39 is 5.82 Å². The van der Waals surface area contributed by atoms with E-state index in [9.17, 15) is 8.78 Å². The molecular formula is C17H19F2NO. The Hall–Kier alpha value is -1.94. The zero-order valence-electron chi connectivity index (χ0n) is 12.4. The van der Waals surface area contributed by atoms with Gasteiger partial charge in [0.15, 0.2) is 11.6 Å². The van der Waals surface area contributed by atoms with E-state index in [4.69, 9.17) is 4.74 Å². The van der Waals surface area contributed by atoms with Crippen LogP contribution < -0.4 is 10.1 Å². The van der Waals surface area contributed by atoms with Crippen LogP contribution in [0.3, 0.4) is 0 Å². The molecule has 112 valence electrons. The SMILES string of the molecule is CCNC(c1ccc(OC)c(F)c1)c1cc(F)ccc1C. The van der Waals surface area contributed by atoms with Crippen molar-refractivity contribution >= 4 is 0 Å². The van der Waals surface area contributed by atoms with Gasteiger partial charge in [-0.25, -0.2) is 8.78 Å². The zero-order valence-corrected chi connectivity index (χ0v) is 12.4. The lowest BCUT2D eigenvalue weighted by Crippen LogP contribution is -2.23. The Balaban J connectivity index is 2.48. The first-order valence-corrected chi connectivity index (χ1v) is 6.89. The minimum absolute atomic E-state index is 0.199. The summed E-state index contributed by atoms with van der Waals surface area (Å²) in [5.74, 6) is -0.524. The van der Waals surface area contributed by atoms with Crippen LogP contribution in [-0.2, 0) is 0 Å². The van der Waals surface area contributed by atoms with Crippen LogP contribution in [0.15, 0.2) is 36.4 Å². The van der Waals surface area contributed by atoms with Crippen LogP contribution in [0.5, 0.6) is 5.75 Å². The van der Waals surface area contributed by atoms with Gasteiger partial charge in [0.05, 0.1) is 13.2 Å². The highest BCUT2D eigenvalue weighted by molar-refractivity contribution is 5.39. The standard InChI is InChI=1S/C17H19F2NO/c1-4-20-17(14-10-13(18)7-5-11(14)2)12-6-8-16(21-3)15(19)9-12/h5-10,17,20H,4H2,1-3H3. The topological polar surface area (TPSA) is 21.3 Å². The first-order valence-electron chi connectivity index (χ1n) is 6.89. The van der Waals surface area contributed by atoms with Gasteiger partial charge in [0, 0.05) is 0 Å². The first kappa shape index (κ1) is 15.4. The summed E-state index contributed by atoms with van der Waals surface area (Å²) in [4.78, 5) is 0. The Kier molecular flexibility index (Phi) is 4.91. The van der Waals surface area contributed by atoms with Crippen molar-refractivity contribution in [2.45, 2.75) is 19.9 Å². The molecule has 2 aromatic rings. The average Bonchev–Trinajstić information content (AvgIpc) is 2.47. The highest BCUT2D eigenvalue weighted by Crippen LogP contribution is 2.28. The second kappa shape index (κ2) is 6.68. The average molecular weight is 291 g/mol. The maximum atomic E-state index is 13.9. The highest BCUT2D eigenvalue weighted by Gasteiger charge is 2.17. The Morgan fingerprint density at radius 1 is 1.14 bits per heavy atom. The molecule has 2 nitrogen and oxygen atoms in total. The van der Waals surface area contributed by atoms with Crippen LogP contribution in [0.1, 0.15) is 29.7 Å². The fourth-order valence-electron chi connectivity index (χ4n) is 2.40. The second-order valence-electron chi connectivity index (χ2n) is 4.89. The van der Waals surface area contributed by atoms with E-state index in [0.717, 1.165) is 16.7 Å². The molecule has 0 fully saturated rings. The van der Waals surface area contributed by atoms with Crippen molar-refractivity contribution in [2.24, 2.45) is 0 Å².